The van der Waals surface area contributed by atoms with Crippen molar-refractivity contribution < 1.29 is 9.59 Å². The summed E-state index contributed by atoms with van der Waals surface area (Å²) >= 11 is 0. The monoisotopic (exact) mass is 167 g/mol. The van der Waals surface area contributed by atoms with E-state index < -0.39 is 0 Å². The summed E-state index contributed by atoms with van der Waals surface area (Å²) in [7, 11) is 1.58. The summed E-state index contributed by atoms with van der Waals surface area (Å²) in [5, 5.41) is 7.16. The first kappa shape index (κ1) is 8.58. The highest BCUT2D eigenvalue weighted by Gasteiger charge is 2.17. The minimum Gasteiger partial charge on any atom is -0.293 e. The first-order valence-electron chi connectivity index (χ1n) is 3.45. The third-order valence-electron chi connectivity index (χ3n) is 1.49. The van der Waals surface area contributed by atoms with Crippen molar-refractivity contribution >= 4 is 11.6 Å². The first-order valence-corrected chi connectivity index (χ1v) is 3.45. The van der Waals surface area contributed by atoms with Crippen molar-refractivity contribution in [2.75, 3.05) is 0 Å². The Kier molecular flexibility index (Phi) is 2.03. The van der Waals surface area contributed by atoms with Crippen molar-refractivity contribution in [1.29, 1.82) is 0 Å². The fourth-order valence-corrected chi connectivity index (χ4v) is 0.989. The fraction of sp³-hybridized carbons (Fsp3) is 0.429. The second kappa shape index (κ2) is 2.84. The van der Waals surface area contributed by atoms with Crippen LogP contribution in [0, 0.1) is 0 Å². The van der Waals surface area contributed by atoms with Gasteiger partial charge in [-0.05, 0) is 0 Å². The average molecular weight is 167 g/mol. The molecule has 5 nitrogen and oxygen atoms in total. The van der Waals surface area contributed by atoms with Gasteiger partial charge in [0, 0.05) is 20.9 Å². The van der Waals surface area contributed by atoms with E-state index in [1.807, 2.05) is 0 Å². The normalized spacial score (nSPS) is 9.92. The zero-order chi connectivity index (χ0) is 9.30. The lowest BCUT2D eigenvalue weighted by atomic mass is 10.2. The van der Waals surface area contributed by atoms with Gasteiger partial charge in [-0.1, -0.05) is 5.21 Å². The molecular formula is C7H9N3O2. The molecule has 5 heteroatoms. The van der Waals surface area contributed by atoms with Crippen molar-refractivity contribution in [2.24, 2.45) is 7.05 Å². The van der Waals surface area contributed by atoms with Gasteiger partial charge in [-0.15, -0.1) is 5.10 Å². The van der Waals surface area contributed by atoms with E-state index in [0.29, 0.717) is 0 Å². The molecule has 0 aromatic carbocycles. The van der Waals surface area contributed by atoms with E-state index in [1.54, 1.807) is 7.05 Å². The number of nitrogens with zero attached hydrogens (tertiary/aromatic N) is 3. The third kappa shape index (κ3) is 1.25. The summed E-state index contributed by atoms with van der Waals surface area (Å²) in [5.74, 6) is -0.444. The molecule has 0 fully saturated rings. The molecule has 0 spiro atoms. The Bertz CT molecular complexity index is 340. The molecule has 1 aromatic heterocycles. The number of hydrogen-bond acceptors (Lipinski definition) is 4. The van der Waals surface area contributed by atoms with Gasteiger partial charge in [-0.2, -0.15) is 0 Å². The molecule has 64 valence electrons. The molecule has 0 N–H and O–H groups in total. The Balaban J connectivity index is 3.31. The molecule has 1 aromatic rings. The fourth-order valence-electron chi connectivity index (χ4n) is 0.989. The zero-order valence-corrected chi connectivity index (χ0v) is 7.16. The van der Waals surface area contributed by atoms with Gasteiger partial charge in [0.1, 0.15) is 5.69 Å². The smallest absolute Gasteiger partial charge is 0.182 e. The van der Waals surface area contributed by atoms with E-state index in [-0.39, 0.29) is 23.0 Å². The zero-order valence-electron chi connectivity index (χ0n) is 7.16. The van der Waals surface area contributed by atoms with Gasteiger partial charge in [0.25, 0.3) is 0 Å². The van der Waals surface area contributed by atoms with Crippen molar-refractivity contribution in [2.45, 2.75) is 13.8 Å². The number of ketones is 2. The molecule has 0 saturated heterocycles. The van der Waals surface area contributed by atoms with Crippen molar-refractivity contribution in [1.82, 2.24) is 15.0 Å². The van der Waals surface area contributed by atoms with Gasteiger partial charge >= 0.3 is 0 Å². The molecular weight excluding hydrogens is 158 g/mol. The van der Waals surface area contributed by atoms with Crippen LogP contribution in [0.3, 0.4) is 0 Å². The average Bonchev–Trinajstić information content (AvgIpc) is 2.30. The summed E-state index contributed by atoms with van der Waals surface area (Å²) in [6.07, 6.45) is 0. The molecule has 12 heavy (non-hydrogen) atoms. The molecule has 0 unspecified atom stereocenters. The van der Waals surface area contributed by atoms with E-state index in [0.717, 1.165) is 0 Å². The van der Waals surface area contributed by atoms with Crippen molar-refractivity contribution in [3.63, 3.8) is 0 Å². The van der Waals surface area contributed by atoms with E-state index >= 15 is 0 Å². The minimum absolute atomic E-state index is 0.144. The predicted octanol–water partition coefficient (Wildman–Crippen LogP) is 0.220. The van der Waals surface area contributed by atoms with Gasteiger partial charge in [-0.25, -0.2) is 4.68 Å². The molecule has 0 aliphatic heterocycles. The molecule has 0 atom stereocenters. The largest absolute Gasteiger partial charge is 0.293 e. The van der Waals surface area contributed by atoms with E-state index in [1.165, 1.54) is 18.5 Å². The van der Waals surface area contributed by atoms with Crippen LogP contribution in [0.4, 0.5) is 0 Å². The molecule has 0 amide bonds. The number of rotatable bonds is 2. The molecule has 0 aliphatic rings. The molecule has 0 bridgehead atoms. The van der Waals surface area contributed by atoms with Crippen LogP contribution in [0.2, 0.25) is 0 Å². The topological polar surface area (TPSA) is 64.8 Å². The van der Waals surface area contributed by atoms with Gasteiger partial charge < -0.3 is 0 Å². The second-order valence-corrected chi connectivity index (χ2v) is 2.52. The maximum absolute atomic E-state index is 11.0. The quantitative estimate of drug-likeness (QED) is 0.591. The van der Waals surface area contributed by atoms with E-state index in [2.05, 4.69) is 10.3 Å². The summed E-state index contributed by atoms with van der Waals surface area (Å²) in [4.78, 5) is 21.9. The van der Waals surface area contributed by atoms with Crippen LogP contribution in [-0.2, 0) is 7.05 Å². The lowest BCUT2D eigenvalue weighted by Crippen LogP contribution is -2.07. The Morgan fingerprint density at radius 2 is 1.83 bits per heavy atom. The van der Waals surface area contributed by atoms with E-state index in [9.17, 15) is 9.59 Å². The summed E-state index contributed by atoms with van der Waals surface area (Å²) in [6.45, 7) is 2.74. The Morgan fingerprint density at radius 1 is 1.25 bits per heavy atom. The standard InChI is InChI=1S/C7H9N3O2/c1-4(11)6-7(5(2)12)10(3)9-8-6/h1-3H3. The predicted molar refractivity (Wildman–Crippen MR) is 41.0 cm³/mol. The molecule has 0 saturated carbocycles. The second-order valence-electron chi connectivity index (χ2n) is 2.52. The third-order valence-corrected chi connectivity index (χ3v) is 1.49. The molecule has 0 aliphatic carbocycles. The number of hydrogen-bond donors (Lipinski definition) is 0. The maximum Gasteiger partial charge on any atom is 0.182 e. The van der Waals surface area contributed by atoms with Crippen molar-refractivity contribution in [3.8, 4) is 0 Å². The van der Waals surface area contributed by atoms with Crippen LogP contribution >= 0.6 is 0 Å². The van der Waals surface area contributed by atoms with Gasteiger partial charge in [-0.3, -0.25) is 9.59 Å². The Hall–Kier alpha value is -1.52. The minimum atomic E-state index is -0.242. The lowest BCUT2D eigenvalue weighted by Gasteiger charge is -1.94. The highest BCUT2D eigenvalue weighted by molar-refractivity contribution is 6.04. The summed E-state index contributed by atoms with van der Waals surface area (Å²) in [5.41, 5.74) is 0.410. The highest BCUT2D eigenvalue weighted by Crippen LogP contribution is 2.05. The number of Topliss-reactive ketones (excluding diaryl/α,β-unsaturated/α-hetero) is 2. The highest BCUT2D eigenvalue weighted by atomic mass is 16.1. The van der Waals surface area contributed by atoms with E-state index in [4.69, 9.17) is 0 Å². The van der Waals surface area contributed by atoms with Gasteiger partial charge in [0.2, 0.25) is 0 Å². The first-order chi connectivity index (χ1) is 5.54. The van der Waals surface area contributed by atoms with Gasteiger partial charge in [0.15, 0.2) is 17.3 Å². The number of aryl methyl sites for hydroxylation is 1. The number of aromatic nitrogens is 3. The molecule has 1 heterocycles. The van der Waals surface area contributed by atoms with Crippen LogP contribution in [0.1, 0.15) is 34.8 Å². The van der Waals surface area contributed by atoms with Crippen LogP contribution in [0.25, 0.3) is 0 Å². The lowest BCUT2D eigenvalue weighted by molar-refractivity contribution is 0.0973. The van der Waals surface area contributed by atoms with Crippen LogP contribution in [-0.4, -0.2) is 26.6 Å². The number of carbonyl (C=O) groups is 2. The molecule has 0 radical (unpaired) electrons. The van der Waals surface area contributed by atoms with Crippen molar-refractivity contribution in [3.05, 3.63) is 11.4 Å². The summed E-state index contributed by atoms with van der Waals surface area (Å²) < 4.78 is 1.30. The summed E-state index contributed by atoms with van der Waals surface area (Å²) in [6, 6.07) is 0. The van der Waals surface area contributed by atoms with Gasteiger partial charge in [0.05, 0.1) is 0 Å². The molecule has 1 rings (SSSR count). The van der Waals surface area contributed by atoms with Crippen LogP contribution < -0.4 is 0 Å². The van der Waals surface area contributed by atoms with Crippen LogP contribution in [0.5, 0.6) is 0 Å². The number of carbonyl (C=O) groups excluding carboxylic acids is 2. The Labute approximate surface area is 69.4 Å². The Morgan fingerprint density at radius 3 is 2.17 bits per heavy atom. The van der Waals surface area contributed by atoms with Crippen LogP contribution in [0.15, 0.2) is 0 Å². The SMILES string of the molecule is CC(=O)c1nnn(C)c1C(C)=O. The maximum atomic E-state index is 11.0.